The van der Waals surface area contributed by atoms with Gasteiger partial charge >= 0.3 is 0 Å². The maximum atomic E-state index is 13.0. The second kappa shape index (κ2) is 8.27. The normalized spacial score (nSPS) is 17.9. The van der Waals surface area contributed by atoms with E-state index >= 15 is 0 Å². The average Bonchev–Trinajstić information content (AvgIpc) is 3.38. The number of likely N-dealkylation sites (tertiary alicyclic amines) is 1. The Balaban J connectivity index is 1.92. The van der Waals surface area contributed by atoms with Crippen LogP contribution in [0.5, 0.6) is 11.5 Å². The van der Waals surface area contributed by atoms with Gasteiger partial charge in [0.05, 0.1) is 36.0 Å². The predicted octanol–water partition coefficient (Wildman–Crippen LogP) is 3.77. The summed E-state index contributed by atoms with van der Waals surface area (Å²) in [5.41, 5.74) is 0.728. The van der Waals surface area contributed by atoms with Crippen molar-refractivity contribution in [2.24, 2.45) is 0 Å². The second-order valence-electron chi connectivity index (χ2n) is 6.80. The van der Waals surface area contributed by atoms with Gasteiger partial charge in [0.25, 0.3) is 11.7 Å². The Labute approximate surface area is 185 Å². The van der Waals surface area contributed by atoms with Crippen LogP contribution in [-0.2, 0) is 16.1 Å². The second-order valence-corrected chi connectivity index (χ2v) is 7.65. The Morgan fingerprint density at radius 3 is 2.65 bits per heavy atom. The Morgan fingerprint density at radius 2 is 2.00 bits per heavy atom. The van der Waals surface area contributed by atoms with Crippen molar-refractivity contribution in [2.45, 2.75) is 12.6 Å². The van der Waals surface area contributed by atoms with Crippen molar-refractivity contribution < 1.29 is 29.0 Å². The van der Waals surface area contributed by atoms with Crippen LogP contribution < -0.4 is 4.74 Å². The number of phenolic OH excluding ortho intramolecular Hbond substituents is 1. The number of aliphatic hydroxyl groups is 1. The number of hydrogen-bond donors (Lipinski definition) is 2. The summed E-state index contributed by atoms with van der Waals surface area (Å²) in [4.78, 5) is 31.2. The average molecular weight is 485 g/mol. The van der Waals surface area contributed by atoms with E-state index in [0.717, 1.165) is 0 Å². The number of carbonyl (C=O) groups is 2. The van der Waals surface area contributed by atoms with Crippen LogP contribution in [0.4, 0.5) is 0 Å². The number of nitrogens with zero attached hydrogens (tertiary/aromatic N) is 2. The highest BCUT2D eigenvalue weighted by atomic mass is 79.9. The summed E-state index contributed by atoms with van der Waals surface area (Å²) in [6.45, 7) is 0.0101. The fourth-order valence-electron chi connectivity index (χ4n) is 3.53. The number of carbonyl (C=O) groups excluding carboxylic acids is 2. The number of pyridine rings is 1. The minimum Gasteiger partial charge on any atom is -0.507 e. The van der Waals surface area contributed by atoms with E-state index in [2.05, 4.69) is 20.9 Å². The van der Waals surface area contributed by atoms with Crippen LogP contribution in [0.25, 0.3) is 5.76 Å². The van der Waals surface area contributed by atoms with E-state index in [0.29, 0.717) is 21.4 Å². The molecule has 0 spiro atoms. The number of hydrogen-bond acceptors (Lipinski definition) is 7. The van der Waals surface area contributed by atoms with Gasteiger partial charge in [-0.2, -0.15) is 0 Å². The molecule has 1 atom stereocenters. The number of Topliss-reactive ketones (excluding diaryl/α,β-unsaturated/α-hetero) is 1. The topological polar surface area (TPSA) is 113 Å². The molecule has 3 aromatic rings. The molecule has 2 N–H and O–H groups in total. The first kappa shape index (κ1) is 20.7. The molecule has 0 aliphatic carbocycles. The van der Waals surface area contributed by atoms with Crippen LogP contribution in [0.1, 0.15) is 22.9 Å². The van der Waals surface area contributed by atoms with Crippen molar-refractivity contribution in [1.29, 1.82) is 0 Å². The highest BCUT2D eigenvalue weighted by Crippen LogP contribution is 2.44. The third-order valence-corrected chi connectivity index (χ3v) is 5.59. The summed E-state index contributed by atoms with van der Waals surface area (Å²) in [6, 6.07) is 8.60. The first-order valence-electron chi connectivity index (χ1n) is 9.20. The van der Waals surface area contributed by atoms with Gasteiger partial charge in [-0.1, -0.05) is 0 Å². The van der Waals surface area contributed by atoms with Gasteiger partial charge in [-0.3, -0.25) is 14.6 Å². The zero-order valence-electron chi connectivity index (χ0n) is 16.3. The summed E-state index contributed by atoms with van der Waals surface area (Å²) in [6.07, 6.45) is 4.42. The Kier molecular flexibility index (Phi) is 5.51. The molecule has 1 saturated heterocycles. The van der Waals surface area contributed by atoms with Crippen molar-refractivity contribution in [3.63, 3.8) is 0 Å². The van der Waals surface area contributed by atoms with Crippen molar-refractivity contribution in [1.82, 2.24) is 9.88 Å². The standard InChI is InChI=1S/C22H17BrN2O6/c1-30-16-10-13(9-15(23)20(16)27)18-17(19(26)12-4-6-24-7-5-12)21(28)22(29)25(18)11-14-3-2-8-31-14/h2-10,18,26-27H,11H2,1H3/b19-17+. The van der Waals surface area contributed by atoms with Gasteiger partial charge in [-0.05, 0) is 57.9 Å². The lowest BCUT2D eigenvalue weighted by Gasteiger charge is -2.25. The molecule has 0 saturated carbocycles. The molecule has 1 fully saturated rings. The molecule has 9 heteroatoms. The quantitative estimate of drug-likeness (QED) is 0.321. The minimum atomic E-state index is -0.941. The SMILES string of the molecule is COc1cc(C2/C(=C(\O)c3ccncc3)C(=O)C(=O)N2Cc2ccco2)cc(Br)c1O. The van der Waals surface area contributed by atoms with Crippen LogP contribution in [0, 0.1) is 0 Å². The molecule has 1 aliphatic heterocycles. The number of halogens is 1. The van der Waals surface area contributed by atoms with Gasteiger partial charge in [0.15, 0.2) is 11.5 Å². The van der Waals surface area contributed by atoms with E-state index in [-0.39, 0.29) is 29.4 Å². The number of ether oxygens (including phenoxy) is 1. The van der Waals surface area contributed by atoms with Gasteiger partial charge in [0, 0.05) is 18.0 Å². The number of amides is 1. The van der Waals surface area contributed by atoms with E-state index in [1.807, 2.05) is 0 Å². The molecule has 1 aromatic carbocycles. The summed E-state index contributed by atoms with van der Waals surface area (Å²) >= 11 is 3.27. The molecule has 0 bridgehead atoms. The van der Waals surface area contributed by atoms with Crippen molar-refractivity contribution in [2.75, 3.05) is 7.11 Å². The zero-order valence-corrected chi connectivity index (χ0v) is 17.9. The van der Waals surface area contributed by atoms with Crippen molar-refractivity contribution >= 4 is 33.4 Å². The van der Waals surface area contributed by atoms with E-state index in [1.54, 1.807) is 30.3 Å². The van der Waals surface area contributed by atoms with E-state index < -0.39 is 17.7 Å². The summed E-state index contributed by atoms with van der Waals surface area (Å²) in [7, 11) is 1.39. The number of benzene rings is 1. The highest BCUT2D eigenvalue weighted by Gasteiger charge is 2.46. The lowest BCUT2D eigenvalue weighted by molar-refractivity contribution is -0.140. The maximum Gasteiger partial charge on any atom is 0.296 e. The Hall–Kier alpha value is -3.59. The van der Waals surface area contributed by atoms with Crippen LogP contribution in [-0.4, -0.2) is 38.9 Å². The summed E-state index contributed by atoms with van der Waals surface area (Å²) in [5, 5.41) is 21.2. The molecule has 0 radical (unpaired) electrons. The molecule has 158 valence electrons. The summed E-state index contributed by atoms with van der Waals surface area (Å²) < 4.78 is 10.9. The van der Waals surface area contributed by atoms with Gasteiger partial charge in [-0.25, -0.2) is 0 Å². The van der Waals surface area contributed by atoms with E-state index in [1.165, 1.54) is 36.7 Å². The number of aromatic hydroxyl groups is 1. The van der Waals surface area contributed by atoms with Crippen molar-refractivity contribution in [3.05, 3.63) is 82.0 Å². The molecule has 1 amide bonds. The molecule has 1 aliphatic rings. The number of furan rings is 1. The van der Waals surface area contributed by atoms with Gasteiger partial charge < -0.3 is 24.3 Å². The lowest BCUT2D eigenvalue weighted by atomic mass is 9.95. The predicted molar refractivity (Wildman–Crippen MR) is 113 cm³/mol. The lowest BCUT2D eigenvalue weighted by Crippen LogP contribution is -2.29. The number of methoxy groups -OCH3 is 1. The molecule has 2 aromatic heterocycles. The van der Waals surface area contributed by atoms with Crippen LogP contribution in [0.15, 0.2) is 69.5 Å². The molecule has 1 unspecified atom stereocenters. The smallest absolute Gasteiger partial charge is 0.296 e. The number of ketones is 1. The third kappa shape index (κ3) is 3.68. The summed E-state index contributed by atoms with van der Waals surface area (Å²) in [5.74, 6) is -1.43. The van der Waals surface area contributed by atoms with Crippen LogP contribution in [0.2, 0.25) is 0 Å². The highest BCUT2D eigenvalue weighted by molar-refractivity contribution is 9.10. The van der Waals surface area contributed by atoms with Crippen LogP contribution in [0.3, 0.4) is 0 Å². The van der Waals surface area contributed by atoms with Gasteiger partial charge in [-0.15, -0.1) is 0 Å². The van der Waals surface area contributed by atoms with Crippen LogP contribution >= 0.6 is 15.9 Å². The minimum absolute atomic E-state index is 0.0101. The molecule has 3 heterocycles. The monoisotopic (exact) mass is 484 g/mol. The molecular weight excluding hydrogens is 468 g/mol. The number of aliphatic hydroxyl groups excluding tert-OH is 1. The van der Waals surface area contributed by atoms with Gasteiger partial charge in [0.1, 0.15) is 11.5 Å². The molecular formula is C22H17BrN2O6. The zero-order chi connectivity index (χ0) is 22.1. The fourth-order valence-corrected chi connectivity index (χ4v) is 3.99. The van der Waals surface area contributed by atoms with E-state index in [4.69, 9.17) is 9.15 Å². The van der Waals surface area contributed by atoms with E-state index in [9.17, 15) is 19.8 Å². The maximum absolute atomic E-state index is 13.0. The number of aromatic nitrogens is 1. The first-order chi connectivity index (χ1) is 14.9. The molecule has 31 heavy (non-hydrogen) atoms. The first-order valence-corrected chi connectivity index (χ1v) is 9.99. The Bertz CT molecular complexity index is 1170. The number of phenols is 1. The van der Waals surface area contributed by atoms with Gasteiger partial charge in [0.2, 0.25) is 0 Å². The van der Waals surface area contributed by atoms with Crippen molar-refractivity contribution in [3.8, 4) is 11.5 Å². The fraction of sp³-hybridized carbons (Fsp3) is 0.136. The molecule has 4 rings (SSSR count). The molecule has 8 nitrogen and oxygen atoms in total. The third-order valence-electron chi connectivity index (χ3n) is 4.99. The number of rotatable bonds is 5. The Morgan fingerprint density at radius 1 is 1.26 bits per heavy atom. The largest absolute Gasteiger partial charge is 0.507 e.